The van der Waals surface area contributed by atoms with E-state index in [9.17, 15) is 0 Å². The van der Waals surface area contributed by atoms with Crippen molar-refractivity contribution in [1.82, 2.24) is 10.2 Å². The first-order valence-electron chi connectivity index (χ1n) is 7.93. The van der Waals surface area contributed by atoms with E-state index in [1.165, 1.54) is 10.5 Å². The largest absolute Gasteiger partial charge is 0.415 e. The minimum Gasteiger partial charge on any atom is -0.415 e. The second kappa shape index (κ2) is 6.18. The first-order chi connectivity index (χ1) is 10.5. The average Bonchev–Trinajstić information content (AvgIpc) is 2.96. The fraction of sp³-hybridized carbons (Fsp3) is 0.529. The third-order valence-electron chi connectivity index (χ3n) is 4.29. The molecule has 1 aromatic carbocycles. The van der Waals surface area contributed by atoms with Crippen LogP contribution in [0.5, 0.6) is 0 Å². The highest BCUT2D eigenvalue weighted by Gasteiger charge is 2.32. The molecule has 0 radical (unpaired) electrons. The monoisotopic (exact) mass is 302 g/mol. The van der Waals surface area contributed by atoms with Gasteiger partial charge in [0, 0.05) is 5.56 Å². The van der Waals surface area contributed by atoms with Crippen molar-refractivity contribution in [3.05, 3.63) is 35.7 Å². The summed E-state index contributed by atoms with van der Waals surface area (Å²) < 4.78 is 11.7. The molecule has 2 heterocycles. The lowest BCUT2D eigenvalue weighted by Crippen LogP contribution is -3.15. The highest BCUT2D eigenvalue weighted by atomic mass is 16.5. The second-order valence-electron chi connectivity index (χ2n) is 6.36. The first kappa shape index (κ1) is 15.2. The van der Waals surface area contributed by atoms with Gasteiger partial charge in [0.15, 0.2) is 6.04 Å². The van der Waals surface area contributed by atoms with Gasteiger partial charge in [0.2, 0.25) is 5.89 Å². The van der Waals surface area contributed by atoms with E-state index in [1.807, 2.05) is 12.1 Å². The van der Waals surface area contributed by atoms with Gasteiger partial charge in [0.1, 0.15) is 25.3 Å². The predicted octanol–water partition coefficient (Wildman–Crippen LogP) is 1.80. The van der Waals surface area contributed by atoms with Crippen molar-refractivity contribution in [2.45, 2.75) is 45.9 Å². The number of hydrogen-bond acceptors (Lipinski definition) is 4. The maximum absolute atomic E-state index is 5.91. The molecule has 118 valence electrons. The van der Waals surface area contributed by atoms with Crippen molar-refractivity contribution >= 4 is 0 Å². The lowest BCUT2D eigenvalue weighted by molar-refractivity contribution is -0.944. The van der Waals surface area contributed by atoms with E-state index in [-0.39, 0.29) is 18.2 Å². The normalized spacial score (nSPS) is 26.8. The van der Waals surface area contributed by atoms with Crippen LogP contribution < -0.4 is 4.90 Å². The SMILES string of the molecule is Cc1ccc(-c2nnc([C@@H](C)[NH+]3C[C@@H](C)O[C@@H](C)C3)o2)cc1. The fourth-order valence-electron chi connectivity index (χ4n) is 3.07. The highest BCUT2D eigenvalue weighted by molar-refractivity contribution is 5.52. The Bertz CT molecular complexity index is 613. The van der Waals surface area contributed by atoms with Crippen LogP contribution in [0.2, 0.25) is 0 Å². The number of nitrogens with zero attached hydrogens (tertiary/aromatic N) is 2. The first-order valence-corrected chi connectivity index (χ1v) is 7.93. The van der Waals surface area contributed by atoms with Crippen LogP contribution in [0.1, 0.15) is 38.3 Å². The van der Waals surface area contributed by atoms with E-state index >= 15 is 0 Å². The number of morpholine rings is 1. The Morgan fingerprint density at radius 3 is 2.36 bits per heavy atom. The molecule has 1 N–H and O–H groups in total. The van der Waals surface area contributed by atoms with Gasteiger partial charge >= 0.3 is 0 Å². The van der Waals surface area contributed by atoms with Crippen LogP contribution in [0.4, 0.5) is 0 Å². The summed E-state index contributed by atoms with van der Waals surface area (Å²) >= 11 is 0. The number of aryl methyl sites for hydroxylation is 1. The number of aromatic nitrogens is 2. The lowest BCUT2D eigenvalue weighted by Gasteiger charge is -2.34. The van der Waals surface area contributed by atoms with Crippen LogP contribution in [0.25, 0.3) is 11.5 Å². The highest BCUT2D eigenvalue weighted by Crippen LogP contribution is 2.20. The molecule has 0 amide bonds. The number of ether oxygens (including phenoxy) is 1. The Labute approximate surface area is 131 Å². The lowest BCUT2D eigenvalue weighted by atomic mass is 10.1. The molecule has 4 atom stereocenters. The molecule has 22 heavy (non-hydrogen) atoms. The summed E-state index contributed by atoms with van der Waals surface area (Å²) in [6.45, 7) is 10.4. The smallest absolute Gasteiger partial charge is 0.274 e. The van der Waals surface area contributed by atoms with Crippen molar-refractivity contribution < 1.29 is 14.1 Å². The number of benzene rings is 1. The number of nitrogens with one attached hydrogen (secondary N) is 1. The Morgan fingerprint density at radius 1 is 1.09 bits per heavy atom. The summed E-state index contributed by atoms with van der Waals surface area (Å²) in [6, 6.07) is 8.32. The molecule has 0 bridgehead atoms. The van der Waals surface area contributed by atoms with E-state index in [2.05, 4.69) is 50.0 Å². The molecule has 1 aromatic heterocycles. The fourth-order valence-corrected chi connectivity index (χ4v) is 3.07. The van der Waals surface area contributed by atoms with E-state index in [4.69, 9.17) is 9.15 Å². The molecule has 1 saturated heterocycles. The van der Waals surface area contributed by atoms with Gasteiger partial charge in [0.25, 0.3) is 5.89 Å². The Morgan fingerprint density at radius 2 is 1.73 bits per heavy atom. The van der Waals surface area contributed by atoms with Gasteiger partial charge in [0.05, 0.1) is 0 Å². The zero-order valence-electron chi connectivity index (χ0n) is 13.7. The van der Waals surface area contributed by atoms with Gasteiger partial charge in [-0.1, -0.05) is 17.7 Å². The molecule has 5 heteroatoms. The molecular formula is C17H24N3O2+. The maximum atomic E-state index is 5.91. The third kappa shape index (κ3) is 3.20. The van der Waals surface area contributed by atoms with Crippen molar-refractivity contribution in [3.8, 4) is 11.5 Å². The molecular weight excluding hydrogens is 278 g/mol. The van der Waals surface area contributed by atoms with Crippen molar-refractivity contribution in [3.63, 3.8) is 0 Å². The number of rotatable bonds is 3. The molecule has 1 aliphatic heterocycles. The Balaban J connectivity index is 1.76. The van der Waals surface area contributed by atoms with Gasteiger partial charge in [-0.15, -0.1) is 10.2 Å². The van der Waals surface area contributed by atoms with Crippen LogP contribution in [0.3, 0.4) is 0 Å². The van der Waals surface area contributed by atoms with Crippen LogP contribution in [0.15, 0.2) is 28.7 Å². The Kier molecular flexibility index (Phi) is 4.27. The van der Waals surface area contributed by atoms with Crippen molar-refractivity contribution in [2.24, 2.45) is 0 Å². The molecule has 0 aliphatic carbocycles. The average molecular weight is 302 g/mol. The summed E-state index contributed by atoms with van der Waals surface area (Å²) in [5.41, 5.74) is 2.19. The molecule has 2 aromatic rings. The van der Waals surface area contributed by atoms with E-state index in [0.717, 1.165) is 18.7 Å². The van der Waals surface area contributed by atoms with Gasteiger partial charge in [-0.05, 0) is 39.8 Å². The summed E-state index contributed by atoms with van der Waals surface area (Å²) in [6.07, 6.45) is 0.529. The minimum atomic E-state index is 0.181. The van der Waals surface area contributed by atoms with Gasteiger partial charge in [-0.2, -0.15) is 0 Å². The number of quaternary nitrogens is 1. The molecule has 5 nitrogen and oxygen atoms in total. The summed E-state index contributed by atoms with van der Waals surface area (Å²) in [4.78, 5) is 1.44. The zero-order valence-corrected chi connectivity index (χ0v) is 13.7. The van der Waals surface area contributed by atoms with Gasteiger partial charge < -0.3 is 14.1 Å². The van der Waals surface area contributed by atoms with Gasteiger partial charge in [-0.3, -0.25) is 0 Å². The van der Waals surface area contributed by atoms with E-state index in [0.29, 0.717) is 11.8 Å². The van der Waals surface area contributed by atoms with E-state index in [1.54, 1.807) is 0 Å². The topological polar surface area (TPSA) is 52.6 Å². The van der Waals surface area contributed by atoms with Crippen LogP contribution >= 0.6 is 0 Å². The van der Waals surface area contributed by atoms with Crippen LogP contribution in [-0.4, -0.2) is 35.5 Å². The van der Waals surface area contributed by atoms with Crippen molar-refractivity contribution in [2.75, 3.05) is 13.1 Å². The van der Waals surface area contributed by atoms with Crippen LogP contribution in [-0.2, 0) is 4.74 Å². The summed E-state index contributed by atoms with van der Waals surface area (Å²) in [5.74, 6) is 1.29. The minimum absolute atomic E-state index is 0.181. The van der Waals surface area contributed by atoms with Crippen molar-refractivity contribution in [1.29, 1.82) is 0 Å². The molecule has 0 saturated carbocycles. The maximum Gasteiger partial charge on any atom is 0.274 e. The van der Waals surface area contributed by atoms with Gasteiger partial charge in [-0.25, -0.2) is 0 Å². The summed E-state index contributed by atoms with van der Waals surface area (Å²) in [7, 11) is 0. The quantitative estimate of drug-likeness (QED) is 0.939. The van der Waals surface area contributed by atoms with Crippen LogP contribution in [0, 0.1) is 6.92 Å². The molecule has 1 aliphatic rings. The standard InChI is InChI=1S/C17H23N3O2/c1-11-5-7-15(8-6-11)17-19-18-16(22-17)14(4)20-9-12(2)21-13(3)10-20/h5-8,12-14H,9-10H2,1-4H3/p+1/t12-,13+,14-/m1/s1. The third-order valence-corrected chi connectivity index (χ3v) is 4.29. The summed E-state index contributed by atoms with van der Waals surface area (Å²) in [5, 5.41) is 8.47. The van der Waals surface area contributed by atoms with E-state index < -0.39 is 0 Å². The molecule has 0 spiro atoms. The molecule has 3 rings (SSSR count). The second-order valence-corrected chi connectivity index (χ2v) is 6.36. The molecule has 1 fully saturated rings. The zero-order chi connectivity index (χ0) is 15.7. The Hall–Kier alpha value is -1.72. The molecule has 1 unspecified atom stereocenters. The predicted molar refractivity (Wildman–Crippen MR) is 83.6 cm³/mol. The number of hydrogen-bond donors (Lipinski definition) is 1.